The van der Waals surface area contributed by atoms with Crippen molar-refractivity contribution in [1.82, 2.24) is 0 Å². The summed E-state index contributed by atoms with van der Waals surface area (Å²) in [4.78, 5) is 3.98. The Balaban J connectivity index is 0.000000720. The number of ether oxygens (including phenoxy) is 1. The molecular weight excluding hydrogens is 174 g/mol. The number of fused-ring (bicyclic) bond motifs is 1. The summed E-state index contributed by atoms with van der Waals surface area (Å²) in [7, 11) is 0. The van der Waals surface area contributed by atoms with Gasteiger partial charge in [-0.15, -0.1) is 12.4 Å². The van der Waals surface area contributed by atoms with Gasteiger partial charge >= 0.3 is 0 Å². The molecule has 1 aromatic carbocycles. The summed E-state index contributed by atoms with van der Waals surface area (Å²) in [6, 6.07) is 7.77. The molecule has 1 aliphatic heterocycles. The molecule has 0 spiro atoms. The van der Waals surface area contributed by atoms with Crippen LogP contribution >= 0.6 is 12.4 Å². The lowest BCUT2D eigenvalue weighted by molar-refractivity contribution is 0.481. The van der Waals surface area contributed by atoms with E-state index >= 15 is 0 Å². The topological polar surface area (TPSA) is 21.6 Å². The van der Waals surface area contributed by atoms with Crippen molar-refractivity contribution in [2.45, 2.75) is 0 Å². The Kier molecular flexibility index (Phi) is 2.88. The van der Waals surface area contributed by atoms with Crippen molar-refractivity contribution in [2.75, 3.05) is 0 Å². The summed E-state index contributed by atoms with van der Waals surface area (Å²) in [6.45, 7) is 0. The molecule has 1 aromatic rings. The molecule has 0 N–H and O–H groups in total. The molecule has 1 aliphatic rings. The van der Waals surface area contributed by atoms with Crippen LogP contribution in [0.2, 0.25) is 0 Å². The number of hydrogen-bond acceptors (Lipinski definition) is 2. The zero-order valence-electron chi connectivity index (χ0n) is 6.31. The molecule has 1 heterocycles. The molecule has 0 aliphatic carbocycles. The van der Waals surface area contributed by atoms with Crippen LogP contribution in [-0.2, 0) is 0 Å². The van der Waals surface area contributed by atoms with Crippen molar-refractivity contribution >= 4 is 18.6 Å². The Labute approximate surface area is 77.0 Å². The number of rotatable bonds is 0. The van der Waals surface area contributed by atoms with Crippen molar-refractivity contribution in [3.63, 3.8) is 0 Å². The lowest BCUT2D eigenvalue weighted by Gasteiger charge is -1.99. The molecule has 2 nitrogen and oxygen atoms in total. The predicted molar refractivity (Wildman–Crippen MR) is 51.1 cm³/mol. The minimum atomic E-state index is 0. The van der Waals surface area contributed by atoms with Gasteiger partial charge in [-0.05, 0) is 12.1 Å². The smallest absolute Gasteiger partial charge is 0.135 e. The van der Waals surface area contributed by atoms with Crippen LogP contribution in [0, 0.1) is 0 Å². The van der Waals surface area contributed by atoms with E-state index in [9.17, 15) is 0 Å². The standard InChI is InChI=1S/C9H7NO.ClH/c1-2-4-9-8(3-1)7-10-5-6-11-9;/h1-7H;1H. The first kappa shape index (κ1) is 8.81. The molecule has 0 atom stereocenters. The maximum atomic E-state index is 5.24. The van der Waals surface area contributed by atoms with Crippen LogP contribution in [0.1, 0.15) is 5.56 Å². The summed E-state index contributed by atoms with van der Waals surface area (Å²) in [5.41, 5.74) is 1.01. The summed E-state index contributed by atoms with van der Waals surface area (Å²) < 4.78 is 5.24. The molecule has 12 heavy (non-hydrogen) atoms. The molecule has 0 unspecified atom stereocenters. The lowest BCUT2D eigenvalue weighted by Crippen LogP contribution is -1.85. The SMILES string of the molecule is C1=COc2ccccc2C=N1.Cl. The van der Waals surface area contributed by atoms with Crippen LogP contribution in [0.5, 0.6) is 5.75 Å². The third-order valence-electron chi connectivity index (χ3n) is 1.47. The second-order valence-electron chi connectivity index (χ2n) is 2.22. The number of hydrogen-bond donors (Lipinski definition) is 0. The van der Waals surface area contributed by atoms with Crippen LogP contribution in [0.25, 0.3) is 0 Å². The van der Waals surface area contributed by atoms with Crippen LogP contribution in [-0.4, -0.2) is 6.21 Å². The molecule has 3 heteroatoms. The highest BCUT2D eigenvalue weighted by atomic mass is 35.5. The van der Waals surface area contributed by atoms with Gasteiger partial charge in [0.15, 0.2) is 0 Å². The number of benzene rings is 1. The highest BCUT2D eigenvalue weighted by Crippen LogP contribution is 2.17. The van der Waals surface area contributed by atoms with Gasteiger partial charge in [-0.3, -0.25) is 4.99 Å². The van der Waals surface area contributed by atoms with Crippen LogP contribution in [0.3, 0.4) is 0 Å². The normalized spacial score (nSPS) is 12.3. The zero-order chi connectivity index (χ0) is 7.52. The zero-order valence-corrected chi connectivity index (χ0v) is 7.12. The summed E-state index contributed by atoms with van der Waals surface area (Å²) in [5, 5.41) is 0. The molecule has 0 radical (unpaired) electrons. The number of aliphatic imine (C=N–C) groups is 1. The minimum Gasteiger partial charge on any atom is -0.463 e. The first-order valence-corrected chi connectivity index (χ1v) is 3.41. The van der Waals surface area contributed by atoms with Crippen LogP contribution < -0.4 is 4.74 Å². The molecule has 0 amide bonds. The van der Waals surface area contributed by atoms with Gasteiger partial charge in [-0.1, -0.05) is 12.1 Å². The van der Waals surface area contributed by atoms with E-state index in [1.54, 1.807) is 18.7 Å². The van der Waals surface area contributed by atoms with Gasteiger partial charge in [-0.2, -0.15) is 0 Å². The van der Waals surface area contributed by atoms with E-state index in [-0.39, 0.29) is 12.4 Å². The van der Waals surface area contributed by atoms with E-state index in [1.165, 1.54) is 0 Å². The van der Waals surface area contributed by atoms with E-state index in [0.717, 1.165) is 11.3 Å². The van der Waals surface area contributed by atoms with Gasteiger partial charge in [0.25, 0.3) is 0 Å². The molecule has 0 saturated carbocycles. The van der Waals surface area contributed by atoms with E-state index in [2.05, 4.69) is 4.99 Å². The number of halogens is 1. The fraction of sp³-hybridized carbons (Fsp3) is 0. The van der Waals surface area contributed by atoms with Crippen molar-refractivity contribution < 1.29 is 4.74 Å². The molecule has 0 fully saturated rings. The summed E-state index contributed by atoms with van der Waals surface area (Å²) >= 11 is 0. The van der Waals surface area contributed by atoms with Gasteiger partial charge in [0.05, 0.1) is 6.20 Å². The Morgan fingerprint density at radius 2 is 2.00 bits per heavy atom. The summed E-state index contributed by atoms with van der Waals surface area (Å²) in [6.07, 6.45) is 4.97. The van der Waals surface area contributed by atoms with Crippen molar-refractivity contribution in [1.29, 1.82) is 0 Å². The van der Waals surface area contributed by atoms with Gasteiger partial charge in [0.2, 0.25) is 0 Å². The molecule has 0 aromatic heterocycles. The highest BCUT2D eigenvalue weighted by Gasteiger charge is 1.98. The third kappa shape index (κ3) is 1.66. The van der Waals surface area contributed by atoms with Gasteiger partial charge in [-0.25, -0.2) is 0 Å². The second kappa shape index (κ2) is 3.93. The monoisotopic (exact) mass is 181 g/mol. The largest absolute Gasteiger partial charge is 0.463 e. The first-order valence-electron chi connectivity index (χ1n) is 3.41. The van der Waals surface area contributed by atoms with Gasteiger partial charge in [0, 0.05) is 11.8 Å². The highest BCUT2D eigenvalue weighted by molar-refractivity contribution is 5.85. The van der Waals surface area contributed by atoms with Crippen molar-refractivity contribution in [3.8, 4) is 5.75 Å². The van der Waals surface area contributed by atoms with Crippen molar-refractivity contribution in [3.05, 3.63) is 42.3 Å². The van der Waals surface area contributed by atoms with Crippen LogP contribution in [0.4, 0.5) is 0 Å². The van der Waals surface area contributed by atoms with E-state index in [0.29, 0.717) is 0 Å². The first-order chi connectivity index (χ1) is 5.47. The average Bonchev–Trinajstić information content (AvgIpc) is 2.28. The molecule has 0 saturated heterocycles. The summed E-state index contributed by atoms with van der Waals surface area (Å²) in [5.74, 6) is 0.852. The second-order valence-corrected chi connectivity index (χ2v) is 2.22. The molecule has 0 bridgehead atoms. The molecule has 2 rings (SSSR count). The maximum absolute atomic E-state index is 5.24. The van der Waals surface area contributed by atoms with Crippen LogP contribution in [0.15, 0.2) is 41.7 Å². The van der Waals surface area contributed by atoms with E-state index < -0.39 is 0 Å². The molecular formula is C9H8ClNO. The van der Waals surface area contributed by atoms with Crippen molar-refractivity contribution in [2.24, 2.45) is 4.99 Å². The van der Waals surface area contributed by atoms with E-state index in [4.69, 9.17) is 4.74 Å². The molecule has 62 valence electrons. The average molecular weight is 182 g/mol. The lowest BCUT2D eigenvalue weighted by atomic mass is 10.2. The number of para-hydroxylation sites is 1. The Morgan fingerprint density at radius 1 is 1.17 bits per heavy atom. The predicted octanol–water partition coefficient (Wildman–Crippen LogP) is 2.39. The van der Waals surface area contributed by atoms with E-state index in [1.807, 2.05) is 24.3 Å². The Bertz CT molecular complexity index is 320. The number of nitrogens with zero attached hydrogens (tertiary/aromatic N) is 1. The maximum Gasteiger partial charge on any atom is 0.135 e. The van der Waals surface area contributed by atoms with Gasteiger partial charge in [0.1, 0.15) is 12.0 Å². The van der Waals surface area contributed by atoms with Gasteiger partial charge < -0.3 is 4.74 Å². The minimum absolute atomic E-state index is 0. The quantitative estimate of drug-likeness (QED) is 0.602. The third-order valence-corrected chi connectivity index (χ3v) is 1.47. The Morgan fingerprint density at radius 3 is 2.92 bits per heavy atom. The Hall–Kier alpha value is -1.28. The fourth-order valence-electron chi connectivity index (χ4n) is 0.957. The fourth-order valence-corrected chi connectivity index (χ4v) is 0.957.